The zero-order valence-electron chi connectivity index (χ0n) is 10.0. The first kappa shape index (κ1) is 15.6. The number of halogens is 1. The van der Waals surface area contributed by atoms with Gasteiger partial charge in [0.15, 0.2) is 0 Å². The van der Waals surface area contributed by atoms with Crippen LogP contribution in [0.5, 0.6) is 0 Å². The van der Waals surface area contributed by atoms with Crippen LogP contribution in [0.2, 0.25) is 0 Å². The van der Waals surface area contributed by atoms with Gasteiger partial charge in [-0.25, -0.2) is 0 Å². The molecule has 1 fully saturated rings. The highest BCUT2D eigenvalue weighted by Crippen LogP contribution is 2.11. The Morgan fingerprint density at radius 1 is 1.50 bits per heavy atom. The molecular weight excluding hydrogens is 232 g/mol. The molecule has 96 valence electrons. The standard InChI is InChI=1S/C10H20N2O3.ClH/c1-7-4-12(5-8(2)15-7)10(13)9(11)6-14-3;/h7-9H,4-6,11H2,1-3H3;1H. The van der Waals surface area contributed by atoms with Crippen molar-refractivity contribution in [2.24, 2.45) is 5.73 Å². The van der Waals surface area contributed by atoms with Crippen molar-refractivity contribution in [1.82, 2.24) is 4.90 Å². The fourth-order valence-electron chi connectivity index (χ4n) is 1.84. The Morgan fingerprint density at radius 3 is 2.44 bits per heavy atom. The van der Waals surface area contributed by atoms with Crippen LogP contribution >= 0.6 is 12.4 Å². The van der Waals surface area contributed by atoms with Crippen molar-refractivity contribution in [2.75, 3.05) is 26.8 Å². The predicted octanol–water partition coefficient (Wildman–Crippen LogP) is 0.0177. The van der Waals surface area contributed by atoms with E-state index in [0.717, 1.165) is 0 Å². The first-order valence-corrected chi connectivity index (χ1v) is 5.23. The number of hydrogen-bond acceptors (Lipinski definition) is 4. The van der Waals surface area contributed by atoms with Crippen molar-refractivity contribution >= 4 is 18.3 Å². The van der Waals surface area contributed by atoms with Crippen molar-refractivity contribution in [1.29, 1.82) is 0 Å². The van der Waals surface area contributed by atoms with Crippen LogP contribution in [0.1, 0.15) is 13.8 Å². The molecule has 0 aromatic rings. The molecule has 1 heterocycles. The maximum atomic E-state index is 11.8. The van der Waals surface area contributed by atoms with Crippen LogP contribution in [0.15, 0.2) is 0 Å². The van der Waals surface area contributed by atoms with Gasteiger partial charge in [-0.2, -0.15) is 0 Å². The second-order valence-electron chi connectivity index (χ2n) is 4.06. The number of morpholine rings is 1. The zero-order chi connectivity index (χ0) is 11.4. The van der Waals surface area contributed by atoms with Crippen LogP contribution < -0.4 is 5.73 Å². The molecule has 6 heteroatoms. The molecule has 1 rings (SSSR count). The smallest absolute Gasteiger partial charge is 0.242 e. The fraction of sp³-hybridized carbons (Fsp3) is 0.900. The van der Waals surface area contributed by atoms with E-state index in [4.69, 9.17) is 15.2 Å². The van der Waals surface area contributed by atoms with E-state index in [-0.39, 0.29) is 37.1 Å². The molecule has 1 aliphatic rings. The van der Waals surface area contributed by atoms with Crippen molar-refractivity contribution in [3.63, 3.8) is 0 Å². The quantitative estimate of drug-likeness (QED) is 0.769. The Hall–Kier alpha value is -0.360. The third kappa shape index (κ3) is 4.25. The molecule has 0 aromatic heterocycles. The number of carbonyl (C=O) groups excluding carboxylic acids is 1. The number of amides is 1. The van der Waals surface area contributed by atoms with E-state index in [0.29, 0.717) is 13.1 Å². The number of methoxy groups -OCH3 is 1. The molecular formula is C10H21ClN2O3. The van der Waals surface area contributed by atoms with Gasteiger partial charge in [0.25, 0.3) is 0 Å². The first-order chi connectivity index (χ1) is 7.04. The largest absolute Gasteiger partial charge is 0.383 e. The summed E-state index contributed by atoms with van der Waals surface area (Å²) in [5, 5.41) is 0. The van der Waals surface area contributed by atoms with Crippen LogP contribution in [0.3, 0.4) is 0 Å². The number of hydrogen-bond donors (Lipinski definition) is 1. The molecule has 0 bridgehead atoms. The Kier molecular flexibility index (Phi) is 6.90. The van der Waals surface area contributed by atoms with Crippen LogP contribution in [0.4, 0.5) is 0 Å². The van der Waals surface area contributed by atoms with E-state index in [9.17, 15) is 4.79 Å². The summed E-state index contributed by atoms with van der Waals surface area (Å²) >= 11 is 0. The molecule has 1 aliphatic heterocycles. The highest BCUT2D eigenvalue weighted by atomic mass is 35.5. The average Bonchev–Trinajstić information content (AvgIpc) is 2.15. The van der Waals surface area contributed by atoms with Gasteiger partial charge in [-0.05, 0) is 13.8 Å². The van der Waals surface area contributed by atoms with Crippen LogP contribution in [0.25, 0.3) is 0 Å². The lowest BCUT2D eigenvalue weighted by molar-refractivity contribution is -0.145. The van der Waals surface area contributed by atoms with E-state index >= 15 is 0 Å². The van der Waals surface area contributed by atoms with Crippen molar-refractivity contribution in [3.05, 3.63) is 0 Å². The monoisotopic (exact) mass is 252 g/mol. The molecule has 0 spiro atoms. The Labute approximate surface area is 103 Å². The van der Waals surface area contributed by atoms with Gasteiger partial charge in [0.05, 0.1) is 18.8 Å². The minimum atomic E-state index is -0.563. The predicted molar refractivity (Wildman–Crippen MR) is 63.7 cm³/mol. The lowest BCUT2D eigenvalue weighted by Crippen LogP contribution is -2.54. The van der Waals surface area contributed by atoms with E-state index < -0.39 is 6.04 Å². The van der Waals surface area contributed by atoms with Crippen LogP contribution in [0, 0.1) is 0 Å². The summed E-state index contributed by atoms with van der Waals surface area (Å²) < 4.78 is 10.4. The summed E-state index contributed by atoms with van der Waals surface area (Å²) in [5.74, 6) is -0.0566. The summed E-state index contributed by atoms with van der Waals surface area (Å²) in [6.45, 7) is 5.40. The summed E-state index contributed by atoms with van der Waals surface area (Å²) in [6, 6.07) is -0.563. The van der Waals surface area contributed by atoms with Gasteiger partial charge in [0, 0.05) is 20.2 Å². The summed E-state index contributed by atoms with van der Waals surface area (Å²) in [4.78, 5) is 13.6. The van der Waals surface area contributed by atoms with Gasteiger partial charge in [-0.15, -0.1) is 12.4 Å². The molecule has 0 aliphatic carbocycles. The highest BCUT2D eigenvalue weighted by Gasteiger charge is 2.28. The van der Waals surface area contributed by atoms with Gasteiger partial charge in [0.2, 0.25) is 5.91 Å². The summed E-state index contributed by atoms with van der Waals surface area (Å²) in [6.07, 6.45) is 0.153. The second kappa shape index (κ2) is 7.06. The molecule has 5 nitrogen and oxygen atoms in total. The molecule has 3 atom stereocenters. The molecule has 2 N–H and O–H groups in total. The lowest BCUT2D eigenvalue weighted by atomic mass is 10.2. The van der Waals surface area contributed by atoms with E-state index in [1.54, 1.807) is 4.90 Å². The Morgan fingerprint density at radius 2 is 2.00 bits per heavy atom. The number of ether oxygens (including phenoxy) is 2. The Balaban J connectivity index is 0.00000225. The fourth-order valence-corrected chi connectivity index (χ4v) is 1.84. The number of nitrogens with zero attached hydrogens (tertiary/aromatic N) is 1. The van der Waals surface area contributed by atoms with Crippen molar-refractivity contribution in [2.45, 2.75) is 32.1 Å². The van der Waals surface area contributed by atoms with Gasteiger partial charge < -0.3 is 20.1 Å². The number of carbonyl (C=O) groups is 1. The van der Waals surface area contributed by atoms with Crippen LogP contribution in [-0.2, 0) is 14.3 Å². The van der Waals surface area contributed by atoms with Gasteiger partial charge in [-0.3, -0.25) is 4.79 Å². The van der Waals surface area contributed by atoms with E-state index in [2.05, 4.69) is 0 Å². The van der Waals surface area contributed by atoms with Gasteiger partial charge in [0.1, 0.15) is 6.04 Å². The van der Waals surface area contributed by atoms with Gasteiger partial charge >= 0.3 is 0 Å². The molecule has 3 unspecified atom stereocenters. The maximum Gasteiger partial charge on any atom is 0.242 e. The Bertz CT molecular complexity index is 218. The molecule has 16 heavy (non-hydrogen) atoms. The molecule has 0 radical (unpaired) electrons. The summed E-state index contributed by atoms with van der Waals surface area (Å²) in [5.41, 5.74) is 5.69. The molecule has 1 amide bonds. The number of nitrogens with two attached hydrogens (primary N) is 1. The average molecular weight is 253 g/mol. The number of rotatable bonds is 3. The maximum absolute atomic E-state index is 11.8. The van der Waals surface area contributed by atoms with Crippen LogP contribution in [-0.4, -0.2) is 55.9 Å². The second-order valence-corrected chi connectivity index (χ2v) is 4.06. The first-order valence-electron chi connectivity index (χ1n) is 5.23. The lowest BCUT2D eigenvalue weighted by Gasteiger charge is -2.36. The third-order valence-electron chi connectivity index (χ3n) is 2.39. The summed E-state index contributed by atoms with van der Waals surface area (Å²) in [7, 11) is 1.54. The zero-order valence-corrected chi connectivity index (χ0v) is 10.8. The van der Waals surface area contributed by atoms with E-state index in [1.807, 2.05) is 13.8 Å². The highest BCUT2D eigenvalue weighted by molar-refractivity contribution is 5.85. The minimum Gasteiger partial charge on any atom is -0.383 e. The molecule has 1 saturated heterocycles. The van der Waals surface area contributed by atoms with E-state index in [1.165, 1.54) is 7.11 Å². The third-order valence-corrected chi connectivity index (χ3v) is 2.39. The topological polar surface area (TPSA) is 64.8 Å². The van der Waals surface area contributed by atoms with Gasteiger partial charge in [-0.1, -0.05) is 0 Å². The van der Waals surface area contributed by atoms with Crippen molar-refractivity contribution in [3.8, 4) is 0 Å². The SMILES string of the molecule is COCC(N)C(=O)N1CC(C)OC(C)C1.Cl. The normalized spacial score (nSPS) is 27.1. The molecule has 0 saturated carbocycles. The van der Waals surface area contributed by atoms with Crippen molar-refractivity contribution < 1.29 is 14.3 Å². The minimum absolute atomic E-state index is 0. The molecule has 0 aromatic carbocycles.